The van der Waals surface area contributed by atoms with E-state index in [9.17, 15) is 13.2 Å². The zero-order valence-corrected chi connectivity index (χ0v) is 18.6. The molecule has 2 aromatic rings. The van der Waals surface area contributed by atoms with Crippen LogP contribution in [0.5, 0.6) is 11.5 Å². The molecular formula is C21H29N3O5S. The van der Waals surface area contributed by atoms with Crippen LogP contribution in [0.3, 0.4) is 0 Å². The summed E-state index contributed by atoms with van der Waals surface area (Å²) in [5, 5.41) is 2.77. The normalized spacial score (nSPS) is 11.4. The number of nitrogens with one attached hydrogen (secondary N) is 2. The summed E-state index contributed by atoms with van der Waals surface area (Å²) in [5.41, 5.74) is 1.86. The molecule has 0 heterocycles. The summed E-state index contributed by atoms with van der Waals surface area (Å²) >= 11 is 0. The number of ether oxygens (including phenoxy) is 2. The Morgan fingerprint density at radius 3 is 2.27 bits per heavy atom. The van der Waals surface area contributed by atoms with E-state index in [0.29, 0.717) is 17.2 Å². The van der Waals surface area contributed by atoms with E-state index in [-0.39, 0.29) is 23.8 Å². The summed E-state index contributed by atoms with van der Waals surface area (Å²) in [4.78, 5) is 14.3. The molecule has 0 aliphatic heterocycles. The van der Waals surface area contributed by atoms with Crippen LogP contribution in [0, 0.1) is 0 Å². The standard InChI is InChI=1S/C21H29N3O5S/c1-24(2)14-12-16-5-7-17(8-6-16)23-21(25)11-13-22-30(26,27)18-9-10-19(28-3)20(15-18)29-4/h5-10,15,22H,11-14H2,1-4H3,(H,23,25). The SMILES string of the molecule is COc1ccc(S(=O)(=O)NCCC(=O)Nc2ccc(CCN(C)C)cc2)cc1OC. The molecule has 0 saturated heterocycles. The molecule has 0 aliphatic rings. The topological polar surface area (TPSA) is 97.0 Å². The molecule has 2 aromatic carbocycles. The lowest BCUT2D eigenvalue weighted by Crippen LogP contribution is -2.27. The number of carbonyl (C=O) groups is 1. The quantitative estimate of drug-likeness (QED) is 0.561. The predicted molar refractivity (Wildman–Crippen MR) is 117 cm³/mol. The van der Waals surface area contributed by atoms with Gasteiger partial charge in [-0.25, -0.2) is 13.1 Å². The van der Waals surface area contributed by atoms with Crippen LogP contribution in [0.15, 0.2) is 47.4 Å². The number of rotatable bonds is 11. The molecule has 1 amide bonds. The predicted octanol–water partition coefficient (Wildman–Crippen LogP) is 2.11. The number of likely N-dealkylation sites (N-methyl/N-ethyl adjacent to an activating group) is 1. The number of hydrogen-bond acceptors (Lipinski definition) is 6. The Morgan fingerprint density at radius 2 is 1.67 bits per heavy atom. The Bertz CT molecular complexity index is 944. The minimum absolute atomic E-state index is 0.00883. The monoisotopic (exact) mass is 435 g/mol. The van der Waals surface area contributed by atoms with Gasteiger partial charge in [-0.1, -0.05) is 12.1 Å². The fourth-order valence-corrected chi connectivity index (χ4v) is 3.74. The molecule has 30 heavy (non-hydrogen) atoms. The number of nitrogens with zero attached hydrogens (tertiary/aromatic N) is 1. The van der Waals surface area contributed by atoms with Gasteiger partial charge in [-0.15, -0.1) is 0 Å². The summed E-state index contributed by atoms with van der Waals surface area (Å²) < 4.78 is 37.6. The number of anilines is 1. The van der Waals surface area contributed by atoms with Crippen molar-refractivity contribution in [1.82, 2.24) is 9.62 Å². The van der Waals surface area contributed by atoms with Gasteiger partial charge in [0.2, 0.25) is 15.9 Å². The molecule has 0 aromatic heterocycles. The molecule has 0 aliphatic carbocycles. The lowest BCUT2D eigenvalue weighted by Gasteiger charge is -2.11. The number of carbonyl (C=O) groups excluding carboxylic acids is 1. The van der Waals surface area contributed by atoms with Crippen molar-refractivity contribution in [3.63, 3.8) is 0 Å². The molecule has 0 radical (unpaired) electrons. The van der Waals surface area contributed by atoms with E-state index in [2.05, 4.69) is 14.9 Å². The molecule has 164 valence electrons. The average molecular weight is 436 g/mol. The molecular weight excluding hydrogens is 406 g/mol. The largest absolute Gasteiger partial charge is 0.493 e. The fourth-order valence-electron chi connectivity index (χ4n) is 2.70. The lowest BCUT2D eigenvalue weighted by atomic mass is 10.1. The van der Waals surface area contributed by atoms with Crippen LogP contribution in [-0.4, -0.2) is 60.6 Å². The van der Waals surface area contributed by atoms with Crippen molar-refractivity contribution in [3.05, 3.63) is 48.0 Å². The molecule has 2 rings (SSSR count). The van der Waals surface area contributed by atoms with Gasteiger partial charge in [0.25, 0.3) is 0 Å². The highest BCUT2D eigenvalue weighted by Gasteiger charge is 2.17. The molecule has 0 saturated carbocycles. The van der Waals surface area contributed by atoms with Gasteiger partial charge in [-0.05, 0) is 50.3 Å². The van der Waals surface area contributed by atoms with E-state index >= 15 is 0 Å². The van der Waals surface area contributed by atoms with Gasteiger partial charge in [0.05, 0.1) is 19.1 Å². The van der Waals surface area contributed by atoms with Crippen LogP contribution in [0.25, 0.3) is 0 Å². The van der Waals surface area contributed by atoms with E-state index in [4.69, 9.17) is 9.47 Å². The second-order valence-electron chi connectivity index (χ2n) is 6.96. The van der Waals surface area contributed by atoms with Crippen LogP contribution < -0.4 is 19.5 Å². The van der Waals surface area contributed by atoms with Gasteiger partial charge in [-0.2, -0.15) is 0 Å². The average Bonchev–Trinajstić information content (AvgIpc) is 2.72. The number of sulfonamides is 1. The van der Waals surface area contributed by atoms with Crippen molar-refractivity contribution in [2.75, 3.05) is 46.7 Å². The first kappa shape index (κ1) is 23.7. The number of hydrogen-bond donors (Lipinski definition) is 2. The van der Waals surface area contributed by atoms with Crippen LogP contribution in [0.1, 0.15) is 12.0 Å². The van der Waals surface area contributed by atoms with Crippen molar-refractivity contribution in [1.29, 1.82) is 0 Å². The molecule has 0 unspecified atom stereocenters. The van der Waals surface area contributed by atoms with Crippen LogP contribution in [0.4, 0.5) is 5.69 Å². The third-order valence-corrected chi connectivity index (χ3v) is 5.85. The third-order valence-electron chi connectivity index (χ3n) is 4.39. The van der Waals surface area contributed by atoms with Crippen LogP contribution in [0.2, 0.25) is 0 Å². The number of methoxy groups -OCH3 is 2. The summed E-state index contributed by atoms with van der Waals surface area (Å²) in [6.45, 7) is 0.926. The molecule has 2 N–H and O–H groups in total. The maximum atomic E-state index is 12.4. The summed E-state index contributed by atoms with van der Waals surface area (Å²) in [5.74, 6) is 0.474. The van der Waals surface area contributed by atoms with Gasteiger partial charge in [-0.3, -0.25) is 4.79 Å². The van der Waals surface area contributed by atoms with E-state index in [0.717, 1.165) is 13.0 Å². The van der Waals surface area contributed by atoms with E-state index in [1.165, 1.54) is 38.0 Å². The van der Waals surface area contributed by atoms with E-state index in [1.54, 1.807) is 0 Å². The minimum Gasteiger partial charge on any atom is -0.493 e. The summed E-state index contributed by atoms with van der Waals surface area (Å²) in [7, 11) is 3.17. The van der Waals surface area contributed by atoms with E-state index in [1.807, 2.05) is 38.4 Å². The first-order valence-electron chi connectivity index (χ1n) is 9.50. The maximum Gasteiger partial charge on any atom is 0.240 e. The summed E-state index contributed by atoms with van der Waals surface area (Å²) in [6.07, 6.45) is 0.939. The van der Waals surface area contributed by atoms with Crippen molar-refractivity contribution in [2.45, 2.75) is 17.7 Å². The Kier molecular flexibility index (Phi) is 8.64. The maximum absolute atomic E-state index is 12.4. The Hall–Kier alpha value is -2.62. The molecule has 0 spiro atoms. The van der Waals surface area contributed by atoms with Gasteiger partial charge in [0.1, 0.15) is 0 Å². The molecule has 0 fully saturated rings. The van der Waals surface area contributed by atoms with Gasteiger partial charge in [0, 0.05) is 31.3 Å². The van der Waals surface area contributed by atoms with Crippen LogP contribution >= 0.6 is 0 Å². The molecule has 0 bridgehead atoms. The van der Waals surface area contributed by atoms with E-state index < -0.39 is 10.0 Å². The molecule has 0 atom stereocenters. The minimum atomic E-state index is -3.77. The molecule has 9 heteroatoms. The second-order valence-corrected chi connectivity index (χ2v) is 8.73. The Labute approximate surface area is 178 Å². The third kappa shape index (κ3) is 7.01. The zero-order valence-electron chi connectivity index (χ0n) is 17.8. The van der Waals surface area contributed by atoms with Crippen molar-refractivity contribution < 1.29 is 22.7 Å². The van der Waals surface area contributed by atoms with Gasteiger partial charge >= 0.3 is 0 Å². The number of amides is 1. The highest BCUT2D eigenvalue weighted by Crippen LogP contribution is 2.29. The number of benzene rings is 2. The van der Waals surface area contributed by atoms with Crippen molar-refractivity contribution in [2.24, 2.45) is 0 Å². The van der Waals surface area contributed by atoms with Crippen molar-refractivity contribution in [3.8, 4) is 11.5 Å². The highest BCUT2D eigenvalue weighted by atomic mass is 32.2. The lowest BCUT2D eigenvalue weighted by molar-refractivity contribution is -0.116. The van der Waals surface area contributed by atoms with Gasteiger partial charge in [0.15, 0.2) is 11.5 Å². The van der Waals surface area contributed by atoms with Crippen molar-refractivity contribution >= 4 is 21.6 Å². The second kappa shape index (κ2) is 11.0. The Morgan fingerprint density at radius 1 is 1.00 bits per heavy atom. The smallest absolute Gasteiger partial charge is 0.240 e. The summed E-state index contributed by atoms with van der Waals surface area (Å²) in [6, 6.07) is 11.9. The highest BCUT2D eigenvalue weighted by molar-refractivity contribution is 7.89. The van der Waals surface area contributed by atoms with Gasteiger partial charge < -0.3 is 19.7 Å². The fraction of sp³-hybridized carbons (Fsp3) is 0.381. The first-order valence-corrected chi connectivity index (χ1v) is 11.0. The Balaban J connectivity index is 1.86. The first-order chi connectivity index (χ1) is 14.2. The molecule has 8 nitrogen and oxygen atoms in total. The van der Waals surface area contributed by atoms with Crippen LogP contribution in [-0.2, 0) is 21.2 Å². The zero-order chi connectivity index (χ0) is 22.1.